The summed E-state index contributed by atoms with van der Waals surface area (Å²) < 4.78 is 4.90. The van der Waals surface area contributed by atoms with Crippen molar-refractivity contribution in [1.82, 2.24) is 10.2 Å². The molecule has 0 saturated carbocycles. The number of ether oxygens (including phenoxy) is 1. The van der Waals surface area contributed by atoms with E-state index < -0.39 is 0 Å². The molecule has 0 amide bonds. The van der Waals surface area contributed by atoms with Gasteiger partial charge in [-0.25, -0.2) is 5.32 Å². The Labute approximate surface area is 85.6 Å². The Hall–Kier alpha value is -0.610. The Kier molecular flexibility index (Phi) is 4.90. The largest absolute Gasteiger partial charge is 0.466 e. The van der Waals surface area contributed by atoms with Gasteiger partial charge in [0.15, 0.2) is 0 Å². The number of hydrogen-bond donors (Lipinski definition) is 0. The molecule has 0 aliphatic carbocycles. The third-order valence-electron chi connectivity index (χ3n) is 2.42. The molecule has 0 aromatic rings. The molecule has 0 aromatic carbocycles. The number of rotatable bonds is 3. The van der Waals surface area contributed by atoms with Crippen LogP contribution in [0.5, 0.6) is 0 Å². The van der Waals surface area contributed by atoms with Gasteiger partial charge >= 0.3 is 5.97 Å². The van der Waals surface area contributed by atoms with Crippen molar-refractivity contribution in [3.8, 4) is 0 Å². The molecule has 4 nitrogen and oxygen atoms in total. The quantitative estimate of drug-likeness (QED) is 0.612. The molecule has 81 valence electrons. The van der Waals surface area contributed by atoms with Gasteiger partial charge in [0.2, 0.25) is 0 Å². The Bertz CT molecular complexity index is 185. The van der Waals surface area contributed by atoms with E-state index >= 15 is 0 Å². The minimum Gasteiger partial charge on any atom is -0.466 e. The van der Waals surface area contributed by atoms with Crippen molar-refractivity contribution in [2.75, 3.05) is 33.3 Å². The second kappa shape index (κ2) is 5.98. The number of hydrogen-bond acceptors (Lipinski definition) is 3. The smallest absolute Gasteiger partial charge is 0.307 e. The first-order valence-electron chi connectivity index (χ1n) is 5.23. The van der Waals surface area contributed by atoms with Gasteiger partial charge in [-0.1, -0.05) is 0 Å². The van der Waals surface area contributed by atoms with Gasteiger partial charge in [0, 0.05) is 19.1 Å². The molecule has 1 aliphatic heterocycles. The lowest BCUT2D eigenvalue weighted by atomic mass is 10.1. The molecule has 1 atom stereocenters. The van der Waals surface area contributed by atoms with E-state index in [4.69, 9.17) is 4.74 Å². The van der Waals surface area contributed by atoms with Crippen molar-refractivity contribution in [2.24, 2.45) is 0 Å². The van der Waals surface area contributed by atoms with E-state index in [-0.39, 0.29) is 12.0 Å². The lowest BCUT2D eigenvalue weighted by Crippen LogP contribution is -2.26. The standard InChI is InChI=1S/C10H19N2O2/c1-3-14-10(13)8-9-4-6-12(2)7-5-11-9/h9H,3-8H2,1-2H3. The van der Waals surface area contributed by atoms with Crippen LogP contribution in [0.15, 0.2) is 0 Å². The van der Waals surface area contributed by atoms with Crippen molar-refractivity contribution in [3.63, 3.8) is 0 Å². The number of carbonyl (C=O) groups excluding carboxylic acids is 1. The maximum atomic E-state index is 11.2. The summed E-state index contributed by atoms with van der Waals surface area (Å²) in [6, 6.07) is 0.166. The number of nitrogens with zero attached hydrogens (tertiary/aromatic N) is 2. The highest BCUT2D eigenvalue weighted by Crippen LogP contribution is 2.06. The van der Waals surface area contributed by atoms with E-state index in [0.29, 0.717) is 13.0 Å². The number of carbonyl (C=O) groups is 1. The summed E-state index contributed by atoms with van der Waals surface area (Å²) in [5, 5.41) is 4.45. The second-order valence-electron chi connectivity index (χ2n) is 3.66. The lowest BCUT2D eigenvalue weighted by molar-refractivity contribution is -0.143. The Morgan fingerprint density at radius 3 is 3.07 bits per heavy atom. The predicted octanol–water partition coefficient (Wildman–Crippen LogP) is 0.248. The summed E-state index contributed by atoms with van der Waals surface area (Å²) in [5.74, 6) is -0.120. The first-order chi connectivity index (χ1) is 6.72. The van der Waals surface area contributed by atoms with Crippen LogP contribution < -0.4 is 5.32 Å². The van der Waals surface area contributed by atoms with E-state index in [1.165, 1.54) is 0 Å². The zero-order chi connectivity index (χ0) is 10.4. The highest BCUT2D eigenvalue weighted by atomic mass is 16.5. The third kappa shape index (κ3) is 4.07. The SMILES string of the molecule is CCOC(=O)CC1CCN(C)CC[N]1. The lowest BCUT2D eigenvalue weighted by Gasteiger charge is -2.13. The van der Waals surface area contributed by atoms with Crippen LogP contribution in [-0.4, -0.2) is 50.2 Å². The van der Waals surface area contributed by atoms with Gasteiger partial charge in [-0.15, -0.1) is 0 Å². The Balaban J connectivity index is 2.26. The van der Waals surface area contributed by atoms with Gasteiger partial charge in [0.25, 0.3) is 0 Å². The Morgan fingerprint density at radius 1 is 1.57 bits per heavy atom. The second-order valence-corrected chi connectivity index (χ2v) is 3.66. The van der Waals surface area contributed by atoms with Crippen LogP contribution >= 0.6 is 0 Å². The van der Waals surface area contributed by atoms with E-state index in [1.807, 2.05) is 6.92 Å². The molecular weight excluding hydrogens is 180 g/mol. The summed E-state index contributed by atoms with van der Waals surface area (Å²) in [4.78, 5) is 13.5. The van der Waals surface area contributed by atoms with Crippen molar-refractivity contribution in [1.29, 1.82) is 0 Å². The molecule has 4 heteroatoms. The van der Waals surface area contributed by atoms with Crippen molar-refractivity contribution in [2.45, 2.75) is 25.8 Å². The van der Waals surface area contributed by atoms with Crippen LogP contribution in [0, 0.1) is 0 Å². The molecule has 14 heavy (non-hydrogen) atoms. The molecule has 0 bridgehead atoms. The molecule has 0 N–H and O–H groups in total. The molecule has 1 fully saturated rings. The normalized spacial score (nSPS) is 24.3. The molecule has 1 aliphatic rings. The van der Waals surface area contributed by atoms with E-state index in [1.54, 1.807) is 0 Å². The Morgan fingerprint density at radius 2 is 2.36 bits per heavy atom. The fraction of sp³-hybridized carbons (Fsp3) is 0.900. The summed E-state index contributed by atoms with van der Waals surface area (Å²) in [5.41, 5.74) is 0. The van der Waals surface area contributed by atoms with Gasteiger partial charge in [-0.3, -0.25) is 4.79 Å². The zero-order valence-electron chi connectivity index (χ0n) is 9.03. The number of esters is 1. The average molecular weight is 199 g/mol. The molecule has 1 rings (SSSR count). The first kappa shape index (κ1) is 11.5. The summed E-state index contributed by atoms with van der Waals surface area (Å²) in [7, 11) is 2.09. The average Bonchev–Trinajstić information content (AvgIpc) is 2.32. The maximum Gasteiger partial charge on any atom is 0.307 e. The molecule has 1 saturated heterocycles. The minimum absolute atomic E-state index is 0.120. The molecule has 1 unspecified atom stereocenters. The van der Waals surface area contributed by atoms with Crippen LogP contribution in [0.3, 0.4) is 0 Å². The van der Waals surface area contributed by atoms with Crippen LogP contribution in [-0.2, 0) is 9.53 Å². The van der Waals surface area contributed by atoms with E-state index in [9.17, 15) is 4.79 Å². The summed E-state index contributed by atoms with van der Waals surface area (Å²) in [6.07, 6.45) is 1.41. The van der Waals surface area contributed by atoms with Crippen molar-refractivity contribution < 1.29 is 9.53 Å². The van der Waals surface area contributed by atoms with Gasteiger partial charge in [-0.05, 0) is 26.9 Å². The van der Waals surface area contributed by atoms with Gasteiger partial charge < -0.3 is 9.64 Å². The maximum absolute atomic E-state index is 11.2. The zero-order valence-corrected chi connectivity index (χ0v) is 9.03. The summed E-state index contributed by atoms with van der Waals surface area (Å²) >= 11 is 0. The van der Waals surface area contributed by atoms with Gasteiger partial charge in [0.1, 0.15) is 0 Å². The summed E-state index contributed by atoms with van der Waals surface area (Å²) in [6.45, 7) is 5.15. The highest BCUT2D eigenvalue weighted by molar-refractivity contribution is 5.70. The first-order valence-corrected chi connectivity index (χ1v) is 5.23. The number of likely N-dealkylation sites (N-methyl/N-ethyl adjacent to an activating group) is 1. The molecular formula is C10H19N2O2. The van der Waals surface area contributed by atoms with Crippen LogP contribution in [0.2, 0.25) is 0 Å². The van der Waals surface area contributed by atoms with Crippen LogP contribution in [0.1, 0.15) is 19.8 Å². The van der Waals surface area contributed by atoms with E-state index in [0.717, 1.165) is 26.1 Å². The van der Waals surface area contributed by atoms with Gasteiger partial charge in [-0.2, -0.15) is 0 Å². The monoisotopic (exact) mass is 199 g/mol. The van der Waals surface area contributed by atoms with Gasteiger partial charge in [0.05, 0.1) is 13.0 Å². The molecule has 1 radical (unpaired) electrons. The fourth-order valence-electron chi connectivity index (χ4n) is 1.56. The molecule has 1 heterocycles. The van der Waals surface area contributed by atoms with Crippen LogP contribution in [0.25, 0.3) is 0 Å². The van der Waals surface area contributed by atoms with Crippen LogP contribution in [0.4, 0.5) is 0 Å². The molecule has 0 aromatic heterocycles. The third-order valence-corrected chi connectivity index (χ3v) is 2.42. The van der Waals surface area contributed by atoms with Crippen molar-refractivity contribution >= 4 is 5.97 Å². The fourth-order valence-corrected chi connectivity index (χ4v) is 1.56. The topological polar surface area (TPSA) is 43.6 Å². The minimum atomic E-state index is -0.120. The molecule has 0 spiro atoms. The van der Waals surface area contributed by atoms with E-state index in [2.05, 4.69) is 17.3 Å². The highest BCUT2D eigenvalue weighted by Gasteiger charge is 2.18. The van der Waals surface area contributed by atoms with Crippen molar-refractivity contribution in [3.05, 3.63) is 0 Å². The predicted molar refractivity (Wildman–Crippen MR) is 54.2 cm³/mol.